The van der Waals surface area contributed by atoms with Crippen LogP contribution in [-0.4, -0.2) is 64.6 Å². The molecule has 2 heterocycles. The van der Waals surface area contributed by atoms with Crippen LogP contribution in [-0.2, 0) is 9.47 Å². The van der Waals surface area contributed by atoms with Gasteiger partial charge in [-0.25, -0.2) is 0 Å². The van der Waals surface area contributed by atoms with Crippen LogP contribution in [0.15, 0.2) is 0 Å². The Hall–Kier alpha value is -0.160. The lowest BCUT2D eigenvalue weighted by molar-refractivity contribution is 0.0900. The van der Waals surface area contributed by atoms with E-state index in [2.05, 4.69) is 10.2 Å². The summed E-state index contributed by atoms with van der Waals surface area (Å²) < 4.78 is 10.6. The van der Waals surface area contributed by atoms with Crippen molar-refractivity contribution in [2.75, 3.05) is 53.6 Å². The van der Waals surface area contributed by atoms with Crippen molar-refractivity contribution in [2.24, 2.45) is 5.41 Å². The molecular formula is C13H26N2O2. The fraction of sp³-hybridized carbons (Fsp3) is 1.00. The molecule has 0 saturated carbocycles. The highest BCUT2D eigenvalue weighted by atomic mass is 16.5. The van der Waals surface area contributed by atoms with Crippen molar-refractivity contribution in [2.45, 2.75) is 25.3 Å². The van der Waals surface area contributed by atoms with E-state index in [-0.39, 0.29) is 0 Å². The van der Waals surface area contributed by atoms with Gasteiger partial charge in [-0.1, -0.05) is 0 Å². The molecule has 0 aromatic carbocycles. The summed E-state index contributed by atoms with van der Waals surface area (Å²) in [5.41, 5.74) is 0.544. The molecule has 1 atom stereocenters. The Balaban J connectivity index is 1.94. The van der Waals surface area contributed by atoms with Crippen molar-refractivity contribution >= 4 is 0 Å². The highest BCUT2D eigenvalue weighted by Crippen LogP contribution is 2.41. The van der Waals surface area contributed by atoms with Crippen molar-refractivity contribution in [3.63, 3.8) is 0 Å². The molecule has 4 nitrogen and oxygen atoms in total. The van der Waals surface area contributed by atoms with Crippen LogP contribution in [0.1, 0.15) is 19.3 Å². The zero-order chi connectivity index (χ0) is 12.1. The van der Waals surface area contributed by atoms with Gasteiger partial charge in [0, 0.05) is 33.4 Å². The maximum Gasteiger partial charge on any atom is 0.0618 e. The van der Waals surface area contributed by atoms with E-state index in [1.807, 2.05) is 7.11 Å². The summed E-state index contributed by atoms with van der Waals surface area (Å²) in [6, 6.07) is 0.591. The lowest BCUT2D eigenvalue weighted by Gasteiger charge is -2.33. The van der Waals surface area contributed by atoms with Gasteiger partial charge < -0.3 is 14.8 Å². The van der Waals surface area contributed by atoms with Crippen LogP contribution in [0.25, 0.3) is 0 Å². The molecule has 17 heavy (non-hydrogen) atoms. The van der Waals surface area contributed by atoms with E-state index in [1.165, 1.54) is 38.9 Å². The van der Waals surface area contributed by atoms with E-state index >= 15 is 0 Å². The summed E-state index contributed by atoms with van der Waals surface area (Å²) in [6.45, 7) is 6.31. The third-order valence-corrected chi connectivity index (χ3v) is 4.33. The summed E-state index contributed by atoms with van der Waals surface area (Å²) in [4.78, 5) is 2.57. The lowest BCUT2D eigenvalue weighted by Crippen LogP contribution is -2.39. The van der Waals surface area contributed by atoms with Crippen molar-refractivity contribution in [1.82, 2.24) is 10.2 Å². The van der Waals surface area contributed by atoms with E-state index in [0.717, 1.165) is 19.8 Å². The van der Waals surface area contributed by atoms with Crippen LogP contribution in [0, 0.1) is 5.41 Å². The van der Waals surface area contributed by atoms with E-state index in [0.29, 0.717) is 11.5 Å². The van der Waals surface area contributed by atoms with E-state index < -0.39 is 0 Å². The molecule has 0 amide bonds. The normalized spacial score (nSPS) is 28.9. The molecule has 0 radical (unpaired) electrons. The molecule has 2 aliphatic rings. The fourth-order valence-electron chi connectivity index (χ4n) is 3.40. The quantitative estimate of drug-likeness (QED) is 0.770. The number of nitrogens with one attached hydrogen (secondary N) is 1. The highest BCUT2D eigenvalue weighted by Gasteiger charge is 2.43. The molecule has 0 bridgehead atoms. The Morgan fingerprint density at radius 2 is 2.00 bits per heavy atom. The molecule has 0 aromatic rings. The standard InChI is InChI=1S/C13H26N2O2/c1-16-8-7-15-11-13(3-5-14-6-4-13)9-12(15)10-17-2/h12,14H,3-11H2,1-2H3/t12-/m0/s1. The summed E-state index contributed by atoms with van der Waals surface area (Å²) in [5, 5.41) is 3.47. The van der Waals surface area contributed by atoms with Gasteiger partial charge in [0.05, 0.1) is 13.2 Å². The van der Waals surface area contributed by atoms with Crippen LogP contribution in [0.5, 0.6) is 0 Å². The summed E-state index contributed by atoms with van der Waals surface area (Å²) in [7, 11) is 3.59. The van der Waals surface area contributed by atoms with Gasteiger partial charge in [-0.3, -0.25) is 4.90 Å². The second-order valence-electron chi connectivity index (χ2n) is 5.53. The molecule has 2 fully saturated rings. The van der Waals surface area contributed by atoms with Gasteiger partial charge in [0.15, 0.2) is 0 Å². The molecule has 100 valence electrons. The average molecular weight is 242 g/mol. The van der Waals surface area contributed by atoms with Gasteiger partial charge in [-0.05, 0) is 37.8 Å². The maximum absolute atomic E-state index is 5.37. The monoisotopic (exact) mass is 242 g/mol. The van der Waals surface area contributed by atoms with Crippen molar-refractivity contribution in [3.05, 3.63) is 0 Å². The summed E-state index contributed by atoms with van der Waals surface area (Å²) in [6.07, 6.45) is 3.93. The van der Waals surface area contributed by atoms with Crippen LogP contribution in [0.2, 0.25) is 0 Å². The first kappa shape index (κ1) is 13.3. The maximum atomic E-state index is 5.37. The van der Waals surface area contributed by atoms with Crippen molar-refractivity contribution < 1.29 is 9.47 Å². The smallest absolute Gasteiger partial charge is 0.0618 e. The van der Waals surface area contributed by atoms with Crippen LogP contribution in [0.3, 0.4) is 0 Å². The highest BCUT2D eigenvalue weighted by molar-refractivity contribution is 4.98. The number of hydrogen-bond acceptors (Lipinski definition) is 4. The topological polar surface area (TPSA) is 33.7 Å². The number of ether oxygens (including phenoxy) is 2. The Kier molecular flexibility index (Phi) is 4.79. The number of piperidine rings is 1. The van der Waals surface area contributed by atoms with Crippen molar-refractivity contribution in [3.8, 4) is 0 Å². The minimum absolute atomic E-state index is 0.544. The first-order chi connectivity index (χ1) is 8.29. The van der Waals surface area contributed by atoms with E-state index in [1.54, 1.807) is 7.11 Å². The Bertz CT molecular complexity index is 229. The van der Waals surface area contributed by atoms with Crippen LogP contribution >= 0.6 is 0 Å². The number of hydrogen-bond donors (Lipinski definition) is 1. The van der Waals surface area contributed by atoms with E-state index in [4.69, 9.17) is 9.47 Å². The molecule has 0 aliphatic carbocycles. The summed E-state index contributed by atoms with van der Waals surface area (Å²) >= 11 is 0. The second kappa shape index (κ2) is 6.14. The SMILES string of the molecule is COCCN1CC2(CCNCC2)C[C@H]1COC. The molecule has 0 unspecified atom stereocenters. The fourth-order valence-corrected chi connectivity index (χ4v) is 3.40. The van der Waals surface area contributed by atoms with Gasteiger partial charge in [0.2, 0.25) is 0 Å². The Morgan fingerprint density at radius 1 is 1.24 bits per heavy atom. The first-order valence-electron chi connectivity index (χ1n) is 6.72. The number of methoxy groups -OCH3 is 2. The molecule has 2 saturated heterocycles. The van der Waals surface area contributed by atoms with E-state index in [9.17, 15) is 0 Å². The zero-order valence-corrected chi connectivity index (χ0v) is 11.2. The molecule has 4 heteroatoms. The average Bonchev–Trinajstić information content (AvgIpc) is 2.66. The third kappa shape index (κ3) is 3.19. The number of nitrogens with zero attached hydrogens (tertiary/aromatic N) is 1. The predicted molar refractivity (Wildman–Crippen MR) is 68.3 cm³/mol. The Labute approximate surface area is 105 Å². The van der Waals surface area contributed by atoms with Crippen molar-refractivity contribution in [1.29, 1.82) is 0 Å². The van der Waals surface area contributed by atoms with Gasteiger partial charge in [-0.2, -0.15) is 0 Å². The first-order valence-corrected chi connectivity index (χ1v) is 6.72. The molecule has 2 rings (SSSR count). The largest absolute Gasteiger partial charge is 0.383 e. The Morgan fingerprint density at radius 3 is 2.65 bits per heavy atom. The van der Waals surface area contributed by atoms with Gasteiger partial charge in [0.1, 0.15) is 0 Å². The van der Waals surface area contributed by atoms with Gasteiger partial charge >= 0.3 is 0 Å². The minimum Gasteiger partial charge on any atom is -0.383 e. The molecule has 2 aliphatic heterocycles. The predicted octanol–water partition coefficient (Wildman–Crippen LogP) is 0.723. The number of rotatable bonds is 5. The minimum atomic E-state index is 0.544. The van der Waals surface area contributed by atoms with Crippen LogP contribution in [0.4, 0.5) is 0 Å². The summed E-state index contributed by atoms with van der Waals surface area (Å²) in [5.74, 6) is 0. The zero-order valence-electron chi connectivity index (χ0n) is 11.2. The number of likely N-dealkylation sites (tertiary alicyclic amines) is 1. The van der Waals surface area contributed by atoms with Crippen LogP contribution < -0.4 is 5.32 Å². The molecule has 0 aromatic heterocycles. The van der Waals surface area contributed by atoms with Gasteiger partial charge in [-0.15, -0.1) is 0 Å². The molecule has 1 N–H and O–H groups in total. The van der Waals surface area contributed by atoms with Gasteiger partial charge in [0.25, 0.3) is 0 Å². The second-order valence-corrected chi connectivity index (χ2v) is 5.53. The molecular weight excluding hydrogens is 216 g/mol. The third-order valence-electron chi connectivity index (χ3n) is 4.33. The lowest BCUT2D eigenvalue weighted by atomic mass is 9.77. The molecule has 1 spiro atoms.